The number of benzene rings is 1. The zero-order valence-corrected chi connectivity index (χ0v) is 15.9. The van der Waals surface area contributed by atoms with Crippen molar-refractivity contribution in [1.82, 2.24) is 20.1 Å². The van der Waals surface area contributed by atoms with Gasteiger partial charge >= 0.3 is 6.61 Å². The number of hydrogen-bond acceptors (Lipinski definition) is 5. The van der Waals surface area contributed by atoms with Crippen LogP contribution in [-0.2, 0) is 17.8 Å². The summed E-state index contributed by atoms with van der Waals surface area (Å²) in [4.78, 5) is 16.3. The number of rotatable bonds is 9. The van der Waals surface area contributed by atoms with Crippen LogP contribution in [0.5, 0.6) is 5.75 Å². The summed E-state index contributed by atoms with van der Waals surface area (Å²) in [7, 11) is 0. The van der Waals surface area contributed by atoms with Crippen LogP contribution in [0.1, 0.15) is 23.2 Å². The quantitative estimate of drug-likeness (QED) is 0.535. The standard InChI is InChI=1S/C20H22F2N4O3/c1-13-9-14(3-4-18(13)29-20(21)22)11-26-12-15-16(25-26)5-7-23-17(15)10-19(28)24-6-2-8-27/h3-5,7,9,12,20,27H,2,6,8,10-11H2,1H3,(H,24,28). The number of pyridine rings is 1. The highest BCUT2D eigenvalue weighted by Crippen LogP contribution is 2.22. The fraction of sp³-hybridized carbons (Fsp3) is 0.350. The first-order chi connectivity index (χ1) is 14.0. The molecule has 0 aliphatic carbocycles. The summed E-state index contributed by atoms with van der Waals surface area (Å²) >= 11 is 0. The van der Waals surface area contributed by atoms with E-state index in [4.69, 9.17) is 5.11 Å². The minimum Gasteiger partial charge on any atom is -0.435 e. The highest BCUT2D eigenvalue weighted by molar-refractivity contribution is 5.86. The van der Waals surface area contributed by atoms with Crippen LogP contribution >= 0.6 is 0 Å². The van der Waals surface area contributed by atoms with Crippen molar-refractivity contribution < 1.29 is 23.4 Å². The zero-order valence-electron chi connectivity index (χ0n) is 15.9. The van der Waals surface area contributed by atoms with E-state index in [2.05, 4.69) is 20.1 Å². The van der Waals surface area contributed by atoms with E-state index in [1.54, 1.807) is 36.0 Å². The lowest BCUT2D eigenvalue weighted by Gasteiger charge is -2.09. The molecule has 3 rings (SSSR count). The van der Waals surface area contributed by atoms with Crippen LogP contribution in [0.2, 0.25) is 0 Å². The van der Waals surface area contributed by atoms with Crippen molar-refractivity contribution in [3.8, 4) is 5.75 Å². The predicted molar refractivity (Wildman–Crippen MR) is 103 cm³/mol. The summed E-state index contributed by atoms with van der Waals surface area (Å²) in [5, 5.41) is 16.8. The summed E-state index contributed by atoms with van der Waals surface area (Å²) in [6.45, 7) is -0.280. The minimum atomic E-state index is -2.86. The second-order valence-corrected chi connectivity index (χ2v) is 6.60. The Hall–Kier alpha value is -3.07. The second-order valence-electron chi connectivity index (χ2n) is 6.60. The second kappa shape index (κ2) is 9.42. The van der Waals surface area contributed by atoms with Crippen molar-refractivity contribution >= 4 is 16.8 Å². The molecule has 9 heteroatoms. The van der Waals surface area contributed by atoms with Gasteiger partial charge in [0.1, 0.15) is 5.75 Å². The molecule has 0 unspecified atom stereocenters. The third-order valence-electron chi connectivity index (χ3n) is 4.35. The number of aliphatic hydroxyl groups is 1. The number of alkyl halides is 2. The molecule has 154 valence electrons. The number of halogens is 2. The van der Waals surface area contributed by atoms with Gasteiger partial charge < -0.3 is 15.2 Å². The van der Waals surface area contributed by atoms with Crippen LogP contribution in [0.3, 0.4) is 0 Å². The number of nitrogens with zero attached hydrogens (tertiary/aromatic N) is 3. The fourth-order valence-electron chi connectivity index (χ4n) is 3.02. The van der Waals surface area contributed by atoms with E-state index in [0.29, 0.717) is 36.3 Å². The van der Waals surface area contributed by atoms with Gasteiger partial charge in [-0.1, -0.05) is 12.1 Å². The Balaban J connectivity index is 1.74. The largest absolute Gasteiger partial charge is 0.435 e. The van der Waals surface area contributed by atoms with Crippen molar-refractivity contribution in [1.29, 1.82) is 0 Å². The first-order valence-electron chi connectivity index (χ1n) is 9.19. The third-order valence-corrected chi connectivity index (χ3v) is 4.35. The van der Waals surface area contributed by atoms with Gasteiger partial charge in [-0.05, 0) is 36.6 Å². The van der Waals surface area contributed by atoms with Crippen LogP contribution in [0.15, 0.2) is 36.7 Å². The number of aryl methyl sites for hydroxylation is 1. The lowest BCUT2D eigenvalue weighted by molar-refractivity contribution is -0.120. The Morgan fingerprint density at radius 1 is 1.34 bits per heavy atom. The number of amides is 1. The van der Waals surface area contributed by atoms with E-state index in [1.165, 1.54) is 6.07 Å². The van der Waals surface area contributed by atoms with Crippen molar-refractivity contribution in [2.45, 2.75) is 32.9 Å². The molecule has 2 N–H and O–H groups in total. The molecule has 29 heavy (non-hydrogen) atoms. The van der Waals surface area contributed by atoms with Crippen molar-refractivity contribution in [3.05, 3.63) is 53.5 Å². The average molecular weight is 404 g/mol. The monoisotopic (exact) mass is 404 g/mol. The van der Waals surface area contributed by atoms with Gasteiger partial charge in [0.05, 0.1) is 24.2 Å². The Labute approximate surface area is 166 Å². The first kappa shape index (κ1) is 20.7. The molecule has 0 bridgehead atoms. The molecule has 0 saturated heterocycles. The van der Waals surface area contributed by atoms with Crippen LogP contribution < -0.4 is 10.1 Å². The van der Waals surface area contributed by atoms with Gasteiger partial charge in [0, 0.05) is 30.9 Å². The molecule has 3 aromatic rings. The van der Waals surface area contributed by atoms with Gasteiger partial charge in [-0.2, -0.15) is 13.9 Å². The summed E-state index contributed by atoms with van der Waals surface area (Å²) in [6.07, 6.45) is 4.04. The van der Waals surface area contributed by atoms with Crippen LogP contribution in [0.25, 0.3) is 10.9 Å². The first-order valence-corrected chi connectivity index (χ1v) is 9.19. The van der Waals surface area contributed by atoms with Gasteiger partial charge in [-0.25, -0.2) is 0 Å². The summed E-state index contributed by atoms with van der Waals surface area (Å²) in [5.74, 6) is -0.0236. The van der Waals surface area contributed by atoms with Crippen molar-refractivity contribution in [2.24, 2.45) is 0 Å². The number of aliphatic hydroxyl groups excluding tert-OH is 1. The number of carbonyl (C=O) groups excluding carboxylic acids is 1. The summed E-state index contributed by atoms with van der Waals surface area (Å²) in [5.41, 5.74) is 2.83. The molecular weight excluding hydrogens is 382 g/mol. The van der Waals surface area contributed by atoms with Crippen molar-refractivity contribution in [2.75, 3.05) is 13.2 Å². The highest BCUT2D eigenvalue weighted by Gasteiger charge is 2.12. The molecule has 2 aromatic heterocycles. The van der Waals surface area contributed by atoms with Gasteiger partial charge in [0.2, 0.25) is 5.91 Å². The van der Waals surface area contributed by atoms with E-state index in [0.717, 1.165) is 10.9 Å². The molecule has 0 aliphatic rings. The number of hydrogen-bond donors (Lipinski definition) is 2. The fourth-order valence-corrected chi connectivity index (χ4v) is 3.02. The summed E-state index contributed by atoms with van der Waals surface area (Å²) in [6, 6.07) is 6.77. The normalized spacial score (nSPS) is 11.2. The van der Waals surface area contributed by atoms with E-state index >= 15 is 0 Å². The molecule has 1 aromatic carbocycles. The lowest BCUT2D eigenvalue weighted by Crippen LogP contribution is -2.26. The predicted octanol–water partition coefficient (Wildman–Crippen LogP) is 2.43. The van der Waals surface area contributed by atoms with Crippen LogP contribution in [0.4, 0.5) is 8.78 Å². The molecule has 7 nitrogen and oxygen atoms in total. The smallest absolute Gasteiger partial charge is 0.387 e. The summed E-state index contributed by atoms with van der Waals surface area (Å²) < 4.78 is 31.0. The van der Waals surface area contributed by atoms with E-state index in [-0.39, 0.29) is 24.7 Å². The highest BCUT2D eigenvalue weighted by atomic mass is 19.3. The Bertz CT molecular complexity index is 991. The van der Waals surface area contributed by atoms with Gasteiger partial charge in [0.15, 0.2) is 0 Å². The number of ether oxygens (including phenoxy) is 1. The average Bonchev–Trinajstić information content (AvgIpc) is 3.07. The SMILES string of the molecule is Cc1cc(Cn2cc3c(CC(=O)NCCCO)nccc3n2)ccc1OC(F)F. The molecule has 0 fully saturated rings. The maximum absolute atomic E-state index is 12.4. The lowest BCUT2D eigenvalue weighted by atomic mass is 10.1. The molecule has 1 amide bonds. The van der Waals surface area contributed by atoms with Gasteiger partial charge in [0.25, 0.3) is 0 Å². The molecule has 0 spiro atoms. The topological polar surface area (TPSA) is 89.3 Å². The van der Waals surface area contributed by atoms with E-state index < -0.39 is 6.61 Å². The third kappa shape index (κ3) is 5.47. The van der Waals surface area contributed by atoms with Gasteiger partial charge in [-0.3, -0.25) is 14.5 Å². The Kier molecular flexibility index (Phi) is 6.71. The van der Waals surface area contributed by atoms with E-state index in [9.17, 15) is 13.6 Å². The van der Waals surface area contributed by atoms with Crippen LogP contribution in [0, 0.1) is 6.92 Å². The molecule has 0 aliphatic heterocycles. The number of aromatic nitrogens is 3. The Morgan fingerprint density at radius 2 is 2.17 bits per heavy atom. The zero-order chi connectivity index (χ0) is 20.8. The Morgan fingerprint density at radius 3 is 2.90 bits per heavy atom. The van der Waals surface area contributed by atoms with Crippen LogP contribution in [-0.4, -0.2) is 45.5 Å². The maximum Gasteiger partial charge on any atom is 0.387 e. The van der Waals surface area contributed by atoms with E-state index in [1.807, 2.05) is 6.20 Å². The molecular formula is C20H22F2N4O3. The molecule has 2 heterocycles. The molecule has 0 radical (unpaired) electrons. The molecule has 0 saturated carbocycles. The molecule has 0 atom stereocenters. The van der Waals surface area contributed by atoms with Crippen molar-refractivity contribution in [3.63, 3.8) is 0 Å². The van der Waals surface area contributed by atoms with Gasteiger partial charge in [-0.15, -0.1) is 0 Å². The number of fused-ring (bicyclic) bond motifs is 1. The number of carbonyl (C=O) groups is 1. The number of nitrogens with one attached hydrogen (secondary N) is 1. The minimum absolute atomic E-state index is 0.0234. The maximum atomic E-state index is 12.4.